The van der Waals surface area contributed by atoms with Gasteiger partial charge in [-0.2, -0.15) is 0 Å². The predicted molar refractivity (Wildman–Crippen MR) is 128 cm³/mol. The number of amides is 2. The van der Waals surface area contributed by atoms with Gasteiger partial charge >= 0.3 is 0 Å². The van der Waals surface area contributed by atoms with Crippen molar-refractivity contribution in [3.05, 3.63) is 65.0 Å². The Balaban J connectivity index is 2.19. The van der Waals surface area contributed by atoms with E-state index >= 15 is 0 Å². The van der Waals surface area contributed by atoms with Crippen molar-refractivity contribution in [2.45, 2.75) is 46.2 Å². The van der Waals surface area contributed by atoms with Crippen molar-refractivity contribution < 1.29 is 22.4 Å². The SMILES string of the molecule is CNC(=O)[C@@H](C)N(Cc1ccccc1F)C(=O)CCCN(c1cc(C)ccc1C)S(C)(=O)=O. The smallest absolute Gasteiger partial charge is 0.242 e. The summed E-state index contributed by atoms with van der Waals surface area (Å²) in [7, 11) is -2.10. The lowest BCUT2D eigenvalue weighted by atomic mass is 10.1. The number of aryl methyl sites for hydroxylation is 2. The number of halogens is 1. The van der Waals surface area contributed by atoms with Crippen molar-refractivity contribution in [1.82, 2.24) is 10.2 Å². The fraction of sp³-hybridized carbons (Fsp3) is 0.417. The van der Waals surface area contributed by atoms with Crippen molar-refractivity contribution >= 4 is 27.5 Å². The normalized spacial score (nSPS) is 12.2. The number of hydrogen-bond donors (Lipinski definition) is 1. The Labute approximate surface area is 195 Å². The molecule has 2 aromatic rings. The van der Waals surface area contributed by atoms with Crippen LogP contribution in [-0.2, 0) is 26.2 Å². The summed E-state index contributed by atoms with van der Waals surface area (Å²) in [5, 5.41) is 2.51. The van der Waals surface area contributed by atoms with Gasteiger partial charge in [0.05, 0.1) is 11.9 Å². The lowest BCUT2D eigenvalue weighted by molar-refractivity contribution is -0.140. The highest BCUT2D eigenvalue weighted by Gasteiger charge is 2.27. The van der Waals surface area contributed by atoms with Gasteiger partial charge in [-0.15, -0.1) is 0 Å². The van der Waals surface area contributed by atoms with Crippen LogP contribution in [0, 0.1) is 19.7 Å². The van der Waals surface area contributed by atoms with Crippen LogP contribution < -0.4 is 9.62 Å². The third kappa shape index (κ3) is 7.02. The number of carbonyl (C=O) groups excluding carboxylic acids is 2. The number of nitrogens with zero attached hydrogens (tertiary/aromatic N) is 2. The van der Waals surface area contributed by atoms with E-state index in [2.05, 4.69) is 5.32 Å². The first-order valence-corrected chi connectivity index (χ1v) is 12.6. The Kier molecular flexibility index (Phi) is 8.99. The molecule has 2 amide bonds. The van der Waals surface area contributed by atoms with Crippen LogP contribution in [0.3, 0.4) is 0 Å². The van der Waals surface area contributed by atoms with Gasteiger partial charge in [0, 0.05) is 32.1 Å². The van der Waals surface area contributed by atoms with E-state index in [4.69, 9.17) is 0 Å². The lowest BCUT2D eigenvalue weighted by Gasteiger charge is -2.29. The van der Waals surface area contributed by atoms with Crippen LogP contribution in [0.15, 0.2) is 42.5 Å². The highest BCUT2D eigenvalue weighted by atomic mass is 32.2. The molecule has 9 heteroatoms. The van der Waals surface area contributed by atoms with Gasteiger partial charge < -0.3 is 10.2 Å². The van der Waals surface area contributed by atoms with Crippen molar-refractivity contribution in [2.24, 2.45) is 0 Å². The Morgan fingerprint density at radius 2 is 1.79 bits per heavy atom. The molecule has 33 heavy (non-hydrogen) atoms. The van der Waals surface area contributed by atoms with Gasteiger partial charge in [-0.25, -0.2) is 12.8 Å². The van der Waals surface area contributed by atoms with Crippen molar-refractivity contribution in [3.8, 4) is 0 Å². The van der Waals surface area contributed by atoms with Crippen LogP contribution in [-0.4, -0.2) is 51.0 Å². The zero-order chi connectivity index (χ0) is 24.8. The van der Waals surface area contributed by atoms with E-state index in [9.17, 15) is 22.4 Å². The fourth-order valence-corrected chi connectivity index (χ4v) is 4.59. The zero-order valence-electron chi connectivity index (χ0n) is 19.8. The third-order valence-electron chi connectivity index (χ3n) is 5.50. The molecule has 2 rings (SSSR count). The van der Waals surface area contributed by atoms with E-state index in [0.29, 0.717) is 11.3 Å². The molecule has 0 spiro atoms. The van der Waals surface area contributed by atoms with Crippen LogP contribution in [0.4, 0.5) is 10.1 Å². The van der Waals surface area contributed by atoms with Gasteiger partial charge in [0.15, 0.2) is 0 Å². The third-order valence-corrected chi connectivity index (χ3v) is 6.68. The average Bonchev–Trinajstić information content (AvgIpc) is 2.76. The topological polar surface area (TPSA) is 86.8 Å². The van der Waals surface area contributed by atoms with Crippen LogP contribution >= 0.6 is 0 Å². The van der Waals surface area contributed by atoms with Gasteiger partial charge in [0.2, 0.25) is 21.8 Å². The van der Waals surface area contributed by atoms with E-state index < -0.39 is 21.9 Å². The molecule has 0 aliphatic carbocycles. The predicted octanol–water partition coefficient (Wildman–Crippen LogP) is 3.15. The molecule has 0 unspecified atom stereocenters. The minimum atomic E-state index is -3.57. The van der Waals surface area contributed by atoms with E-state index in [0.717, 1.165) is 17.4 Å². The minimum absolute atomic E-state index is 0.00662. The minimum Gasteiger partial charge on any atom is -0.357 e. The number of benzene rings is 2. The van der Waals surface area contributed by atoms with E-state index in [-0.39, 0.29) is 37.7 Å². The van der Waals surface area contributed by atoms with Crippen LogP contribution in [0.5, 0.6) is 0 Å². The highest BCUT2D eigenvalue weighted by Crippen LogP contribution is 2.24. The van der Waals surface area contributed by atoms with E-state index in [1.807, 2.05) is 26.0 Å². The molecule has 0 bridgehead atoms. The maximum atomic E-state index is 14.2. The maximum absolute atomic E-state index is 14.2. The first-order valence-electron chi connectivity index (χ1n) is 10.7. The number of likely N-dealkylation sites (N-methyl/N-ethyl adjacent to an activating group) is 1. The zero-order valence-corrected chi connectivity index (χ0v) is 20.6. The number of hydrogen-bond acceptors (Lipinski definition) is 4. The highest BCUT2D eigenvalue weighted by molar-refractivity contribution is 7.92. The first kappa shape index (κ1) is 26.3. The Morgan fingerprint density at radius 1 is 1.12 bits per heavy atom. The quantitative estimate of drug-likeness (QED) is 0.570. The maximum Gasteiger partial charge on any atom is 0.242 e. The molecule has 0 heterocycles. The Morgan fingerprint density at radius 3 is 2.39 bits per heavy atom. The summed E-state index contributed by atoms with van der Waals surface area (Å²) in [5.41, 5.74) is 2.62. The van der Waals surface area contributed by atoms with Gasteiger partial charge in [-0.3, -0.25) is 13.9 Å². The second-order valence-corrected chi connectivity index (χ2v) is 10.0. The molecule has 2 aromatic carbocycles. The lowest BCUT2D eigenvalue weighted by Crippen LogP contribution is -2.47. The molecular formula is C24H32FN3O4S. The number of carbonyl (C=O) groups is 2. The number of anilines is 1. The molecule has 0 aliphatic rings. The standard InChI is InChI=1S/C24H32FN3O4S/c1-17-12-13-18(2)22(15-17)28(33(5,31)32)14-8-11-23(29)27(19(3)24(30)26-4)16-20-9-6-7-10-21(20)25/h6-7,9-10,12-13,15,19H,8,11,14,16H2,1-5H3,(H,26,30)/t19-/m1/s1. The molecule has 1 atom stereocenters. The summed E-state index contributed by atoms with van der Waals surface area (Å²) in [4.78, 5) is 26.6. The van der Waals surface area contributed by atoms with Crippen molar-refractivity contribution in [2.75, 3.05) is 24.2 Å². The molecule has 1 N–H and O–H groups in total. The van der Waals surface area contributed by atoms with Crippen molar-refractivity contribution in [1.29, 1.82) is 0 Å². The molecule has 0 aromatic heterocycles. The molecule has 0 saturated carbocycles. The molecule has 7 nitrogen and oxygen atoms in total. The molecule has 180 valence electrons. The number of rotatable bonds is 10. The van der Waals surface area contributed by atoms with Crippen LogP contribution in [0.25, 0.3) is 0 Å². The Bertz CT molecular complexity index is 1100. The Hall–Kier alpha value is -2.94. The van der Waals surface area contributed by atoms with Gasteiger partial charge in [0.25, 0.3) is 0 Å². The largest absolute Gasteiger partial charge is 0.357 e. The van der Waals surface area contributed by atoms with Gasteiger partial charge in [0.1, 0.15) is 11.9 Å². The molecule has 0 radical (unpaired) electrons. The summed E-state index contributed by atoms with van der Waals surface area (Å²) in [6, 6.07) is 10.8. The summed E-state index contributed by atoms with van der Waals surface area (Å²) < 4.78 is 40.4. The summed E-state index contributed by atoms with van der Waals surface area (Å²) in [6.45, 7) is 5.34. The average molecular weight is 478 g/mol. The van der Waals surface area contributed by atoms with Crippen LogP contribution in [0.1, 0.15) is 36.5 Å². The molecular weight excluding hydrogens is 445 g/mol. The van der Waals surface area contributed by atoms with E-state index in [1.165, 1.54) is 22.3 Å². The fourth-order valence-electron chi connectivity index (χ4n) is 3.57. The monoisotopic (exact) mass is 477 g/mol. The number of sulfonamides is 1. The molecule has 0 aliphatic heterocycles. The first-order chi connectivity index (χ1) is 15.5. The van der Waals surface area contributed by atoms with Crippen molar-refractivity contribution in [3.63, 3.8) is 0 Å². The summed E-state index contributed by atoms with van der Waals surface area (Å²) in [5.74, 6) is -1.19. The molecule has 0 fully saturated rings. The van der Waals surface area contributed by atoms with E-state index in [1.54, 1.807) is 31.2 Å². The number of nitrogens with one attached hydrogen (secondary N) is 1. The molecule has 0 saturated heterocycles. The summed E-state index contributed by atoms with van der Waals surface area (Å²) in [6.07, 6.45) is 1.38. The second-order valence-electron chi connectivity index (χ2n) is 8.13. The van der Waals surface area contributed by atoms with Crippen LogP contribution in [0.2, 0.25) is 0 Å². The summed E-state index contributed by atoms with van der Waals surface area (Å²) >= 11 is 0. The van der Waals surface area contributed by atoms with Gasteiger partial charge in [-0.1, -0.05) is 30.3 Å². The second kappa shape index (κ2) is 11.3. The van der Waals surface area contributed by atoms with Gasteiger partial charge in [-0.05, 0) is 50.5 Å².